The monoisotopic (exact) mass is 597 g/mol. The maximum atomic E-state index is 13.1. The van der Waals surface area contributed by atoms with E-state index in [-0.39, 0.29) is 38.1 Å². The van der Waals surface area contributed by atoms with E-state index in [1.807, 2.05) is 0 Å². The maximum absolute atomic E-state index is 13.1. The summed E-state index contributed by atoms with van der Waals surface area (Å²) in [5, 5.41) is 11.5. The number of carbonyl (C=O) groups excluding carboxylic acids is 3. The highest BCUT2D eigenvalue weighted by Gasteiger charge is 2.33. The van der Waals surface area contributed by atoms with E-state index in [1.54, 1.807) is 48.5 Å². The van der Waals surface area contributed by atoms with Gasteiger partial charge in [0.15, 0.2) is 0 Å². The normalized spacial score (nSPS) is 14.8. The van der Waals surface area contributed by atoms with Gasteiger partial charge >= 0.3 is 12.1 Å². The van der Waals surface area contributed by atoms with Gasteiger partial charge in [0.2, 0.25) is 0 Å². The predicted octanol–water partition coefficient (Wildman–Crippen LogP) is 4.62. The summed E-state index contributed by atoms with van der Waals surface area (Å²) in [6.45, 7) is -0.0162. The second-order valence-corrected chi connectivity index (χ2v) is 11.4. The van der Waals surface area contributed by atoms with Gasteiger partial charge in [0, 0.05) is 17.9 Å². The summed E-state index contributed by atoms with van der Waals surface area (Å²) in [7, 11) is 0. The van der Waals surface area contributed by atoms with E-state index in [1.165, 1.54) is 9.80 Å². The summed E-state index contributed by atoms with van der Waals surface area (Å²) < 4.78 is 11.5. The molecule has 0 bridgehead atoms. The van der Waals surface area contributed by atoms with E-state index in [9.17, 15) is 19.2 Å². The van der Waals surface area contributed by atoms with Crippen LogP contribution in [0.25, 0.3) is 0 Å². The Kier molecular flexibility index (Phi) is 9.23. The predicted molar refractivity (Wildman–Crippen MR) is 145 cm³/mol. The van der Waals surface area contributed by atoms with Crippen LogP contribution < -0.4 is 15.1 Å². The van der Waals surface area contributed by atoms with Crippen LogP contribution in [0, 0.1) is 0 Å². The molecule has 2 aromatic heterocycles. The van der Waals surface area contributed by atoms with Crippen molar-refractivity contribution in [3.63, 3.8) is 0 Å². The van der Waals surface area contributed by atoms with E-state index in [0.29, 0.717) is 29.8 Å². The number of carboxylic acids is 1. The van der Waals surface area contributed by atoms with Crippen molar-refractivity contribution in [3.05, 3.63) is 67.0 Å². The summed E-state index contributed by atoms with van der Waals surface area (Å²) >= 11 is 14.1. The van der Waals surface area contributed by atoms with Crippen molar-refractivity contribution >= 4 is 81.1 Å². The molecule has 38 heavy (non-hydrogen) atoms. The van der Waals surface area contributed by atoms with Crippen LogP contribution in [0.15, 0.2) is 48.5 Å². The average Bonchev–Trinajstić information content (AvgIpc) is 3.62. The lowest BCUT2D eigenvalue weighted by atomic mass is 10.2. The molecule has 1 atom stereocenters. The number of carboxylic acid groups (broad SMARTS) is 1. The van der Waals surface area contributed by atoms with Crippen molar-refractivity contribution < 1.29 is 33.8 Å². The van der Waals surface area contributed by atoms with Crippen LogP contribution in [0.3, 0.4) is 0 Å². The number of cyclic esters (lactones) is 1. The Morgan fingerprint density at radius 2 is 1.71 bits per heavy atom. The van der Waals surface area contributed by atoms with Gasteiger partial charge in [0.1, 0.15) is 12.7 Å². The molecule has 1 unspecified atom stereocenters. The molecule has 1 aliphatic rings. The molecular weight excluding hydrogens is 577 g/mol. The number of nitrogens with zero attached hydrogens (tertiary/aromatic N) is 2. The number of benzene rings is 1. The molecule has 200 valence electrons. The standard InChI is InChI=1S/C24H21Cl2N3O7S2/c25-19-7-5-17(37-19)22(32)27-11-16-12-29(24(34)36-16)15-3-1-14(2-4-15)28(9-10-35-13-21(30)31)23(33)18-6-8-20(26)38-18/h1-8,16H,9-13H2,(H,27,32)(H,30,31). The Hall–Kier alpha value is -3.16. The highest BCUT2D eigenvalue weighted by atomic mass is 35.5. The number of hydrogen-bond acceptors (Lipinski definition) is 8. The van der Waals surface area contributed by atoms with Crippen LogP contribution in [0.5, 0.6) is 0 Å². The van der Waals surface area contributed by atoms with Gasteiger partial charge in [0.25, 0.3) is 11.8 Å². The number of carbonyl (C=O) groups is 4. The molecule has 1 aliphatic heterocycles. The number of aliphatic carboxylic acids is 1. The first kappa shape index (κ1) is 27.9. The third-order valence-electron chi connectivity index (χ3n) is 5.35. The summed E-state index contributed by atoms with van der Waals surface area (Å²) in [6.07, 6.45) is -1.10. The van der Waals surface area contributed by atoms with Gasteiger partial charge < -0.3 is 24.8 Å². The van der Waals surface area contributed by atoms with E-state index >= 15 is 0 Å². The van der Waals surface area contributed by atoms with Crippen LogP contribution in [0.4, 0.5) is 16.2 Å². The summed E-state index contributed by atoms with van der Waals surface area (Å²) in [5.74, 6) is -1.73. The molecular formula is C24H21Cl2N3O7S2. The zero-order valence-corrected chi connectivity index (χ0v) is 22.7. The minimum Gasteiger partial charge on any atom is -0.480 e. The topological polar surface area (TPSA) is 125 Å². The molecule has 14 heteroatoms. The van der Waals surface area contributed by atoms with E-state index in [4.69, 9.17) is 37.8 Å². The average molecular weight is 598 g/mol. The fourth-order valence-corrected chi connectivity index (χ4v) is 5.56. The first-order valence-electron chi connectivity index (χ1n) is 11.2. The van der Waals surface area contributed by atoms with Crippen LogP contribution in [0.1, 0.15) is 19.3 Å². The third kappa shape index (κ3) is 7.03. The SMILES string of the molecule is O=C(O)COCCN(C(=O)c1ccc(Cl)s1)c1ccc(N2CC(CNC(=O)c3ccc(Cl)s3)OC2=O)cc1. The summed E-state index contributed by atoms with van der Waals surface area (Å²) in [6, 6.07) is 13.2. The van der Waals surface area contributed by atoms with Gasteiger partial charge in [-0.1, -0.05) is 23.2 Å². The number of rotatable bonds is 11. The number of ether oxygens (including phenoxy) is 2. The molecule has 10 nitrogen and oxygen atoms in total. The molecule has 1 fully saturated rings. The zero-order chi connectivity index (χ0) is 27.2. The lowest BCUT2D eigenvalue weighted by molar-refractivity contribution is -0.142. The van der Waals surface area contributed by atoms with Crippen LogP contribution in [-0.4, -0.2) is 67.9 Å². The number of hydrogen-bond donors (Lipinski definition) is 2. The molecule has 3 amide bonds. The lowest BCUT2D eigenvalue weighted by Gasteiger charge is -2.23. The molecule has 0 spiro atoms. The van der Waals surface area contributed by atoms with Gasteiger partial charge in [-0.05, 0) is 48.5 Å². The van der Waals surface area contributed by atoms with Crippen molar-refractivity contribution in [2.45, 2.75) is 6.10 Å². The van der Waals surface area contributed by atoms with E-state index < -0.39 is 24.8 Å². The van der Waals surface area contributed by atoms with Gasteiger partial charge in [-0.2, -0.15) is 0 Å². The largest absolute Gasteiger partial charge is 0.480 e. The Morgan fingerprint density at radius 3 is 2.32 bits per heavy atom. The molecule has 1 aromatic carbocycles. The van der Waals surface area contributed by atoms with Crippen LogP contribution in [0.2, 0.25) is 8.67 Å². The van der Waals surface area contributed by atoms with Crippen molar-refractivity contribution in [2.75, 3.05) is 42.6 Å². The Labute approximate surface area is 235 Å². The maximum Gasteiger partial charge on any atom is 0.414 e. The van der Waals surface area contributed by atoms with Crippen molar-refractivity contribution in [1.82, 2.24) is 5.32 Å². The third-order valence-corrected chi connectivity index (χ3v) is 7.80. The molecule has 0 aliphatic carbocycles. The highest BCUT2D eigenvalue weighted by Crippen LogP contribution is 2.28. The summed E-state index contributed by atoms with van der Waals surface area (Å²) in [4.78, 5) is 52.4. The second-order valence-electron chi connectivity index (χ2n) is 7.95. The van der Waals surface area contributed by atoms with Gasteiger partial charge in [-0.3, -0.25) is 14.5 Å². The number of nitrogens with one attached hydrogen (secondary N) is 1. The second kappa shape index (κ2) is 12.6. The molecule has 3 aromatic rings. The lowest BCUT2D eigenvalue weighted by Crippen LogP contribution is -2.34. The first-order valence-corrected chi connectivity index (χ1v) is 13.6. The molecule has 3 heterocycles. The van der Waals surface area contributed by atoms with Gasteiger partial charge in [0.05, 0.1) is 38.1 Å². The number of amides is 3. The van der Waals surface area contributed by atoms with Crippen LogP contribution in [-0.2, 0) is 14.3 Å². The van der Waals surface area contributed by atoms with E-state index in [2.05, 4.69) is 5.32 Å². The molecule has 0 saturated carbocycles. The quantitative estimate of drug-likeness (QED) is 0.309. The van der Waals surface area contributed by atoms with E-state index in [0.717, 1.165) is 22.7 Å². The minimum absolute atomic E-state index is 0.00241. The van der Waals surface area contributed by atoms with Crippen molar-refractivity contribution in [3.8, 4) is 0 Å². The molecule has 4 rings (SSSR count). The Balaban J connectivity index is 1.40. The minimum atomic E-state index is -1.11. The molecule has 0 radical (unpaired) electrons. The number of thiophene rings is 2. The molecule has 1 saturated heterocycles. The Bertz CT molecular complexity index is 1330. The first-order chi connectivity index (χ1) is 18.2. The number of halogens is 2. The van der Waals surface area contributed by atoms with Crippen molar-refractivity contribution in [1.29, 1.82) is 0 Å². The Morgan fingerprint density at radius 1 is 1.05 bits per heavy atom. The fraction of sp³-hybridized carbons (Fsp3) is 0.250. The number of anilines is 2. The van der Waals surface area contributed by atoms with Gasteiger partial charge in [-0.15, -0.1) is 22.7 Å². The van der Waals surface area contributed by atoms with Crippen molar-refractivity contribution in [2.24, 2.45) is 0 Å². The zero-order valence-electron chi connectivity index (χ0n) is 19.6. The smallest absolute Gasteiger partial charge is 0.414 e. The highest BCUT2D eigenvalue weighted by molar-refractivity contribution is 7.18. The van der Waals surface area contributed by atoms with Crippen LogP contribution >= 0.6 is 45.9 Å². The summed E-state index contributed by atoms with van der Waals surface area (Å²) in [5.41, 5.74) is 1.07. The van der Waals surface area contributed by atoms with Gasteiger partial charge in [-0.25, -0.2) is 9.59 Å². The fourth-order valence-electron chi connectivity index (χ4n) is 3.61. The molecule has 2 N–H and O–H groups in total.